The van der Waals surface area contributed by atoms with Crippen LogP contribution >= 0.6 is 0 Å². The normalized spacial score (nSPS) is 22.3. The maximum atomic E-state index is 12.0. The van der Waals surface area contributed by atoms with Crippen molar-refractivity contribution in [2.24, 2.45) is 5.92 Å². The fourth-order valence-electron chi connectivity index (χ4n) is 2.85. The number of nitrogen functional groups attached to an aromatic ring is 1. The predicted octanol–water partition coefficient (Wildman–Crippen LogP) is 3.12. The molecular formula is C17H26N2O2. The Kier molecular flexibility index (Phi) is 5.90. The van der Waals surface area contributed by atoms with Crippen molar-refractivity contribution in [1.82, 2.24) is 5.32 Å². The van der Waals surface area contributed by atoms with Crippen LogP contribution in [0.15, 0.2) is 24.3 Å². The summed E-state index contributed by atoms with van der Waals surface area (Å²) in [5.41, 5.74) is 6.36. The molecule has 0 radical (unpaired) electrons. The third-order valence-corrected chi connectivity index (χ3v) is 4.16. The Morgan fingerprint density at radius 2 is 2.14 bits per heavy atom. The van der Waals surface area contributed by atoms with E-state index in [0.29, 0.717) is 36.4 Å². The van der Waals surface area contributed by atoms with Crippen molar-refractivity contribution >= 4 is 11.6 Å². The predicted molar refractivity (Wildman–Crippen MR) is 85.1 cm³/mol. The number of rotatable bonds is 5. The molecule has 0 heterocycles. The molecule has 1 aromatic rings. The summed E-state index contributed by atoms with van der Waals surface area (Å²) < 4.78 is 5.56. The number of amides is 1. The van der Waals surface area contributed by atoms with E-state index in [-0.39, 0.29) is 5.91 Å². The molecule has 21 heavy (non-hydrogen) atoms. The highest BCUT2D eigenvalue weighted by Crippen LogP contribution is 2.23. The van der Waals surface area contributed by atoms with Gasteiger partial charge in [-0.25, -0.2) is 0 Å². The number of nitrogens with two attached hydrogens (primary N) is 1. The number of ether oxygens (including phenoxy) is 1. The quantitative estimate of drug-likeness (QED) is 0.647. The van der Waals surface area contributed by atoms with Crippen LogP contribution in [0.5, 0.6) is 5.75 Å². The standard InChI is InChI=1S/C17H26N2O2/c1-13-6-3-2-4-9-16(13)19-17(20)10-11-21-15-8-5-7-14(18)12-15/h5,7-8,12-13,16H,2-4,6,9-11,18H2,1H3,(H,19,20). The van der Waals surface area contributed by atoms with Gasteiger partial charge in [-0.15, -0.1) is 0 Å². The summed E-state index contributed by atoms with van der Waals surface area (Å²) >= 11 is 0. The molecule has 4 nitrogen and oxygen atoms in total. The zero-order valence-electron chi connectivity index (χ0n) is 12.8. The second kappa shape index (κ2) is 7.91. The van der Waals surface area contributed by atoms with E-state index in [0.717, 1.165) is 6.42 Å². The van der Waals surface area contributed by atoms with Crippen LogP contribution in [0.1, 0.15) is 45.4 Å². The third kappa shape index (κ3) is 5.29. The van der Waals surface area contributed by atoms with Gasteiger partial charge in [-0.2, -0.15) is 0 Å². The molecule has 0 aromatic heterocycles. The van der Waals surface area contributed by atoms with Gasteiger partial charge < -0.3 is 15.8 Å². The minimum Gasteiger partial charge on any atom is -0.493 e. The van der Waals surface area contributed by atoms with Crippen molar-refractivity contribution in [3.05, 3.63) is 24.3 Å². The molecule has 1 saturated carbocycles. The van der Waals surface area contributed by atoms with E-state index in [1.165, 1.54) is 25.7 Å². The lowest BCUT2D eigenvalue weighted by Gasteiger charge is -2.22. The maximum absolute atomic E-state index is 12.0. The van der Waals surface area contributed by atoms with E-state index >= 15 is 0 Å². The van der Waals surface area contributed by atoms with Gasteiger partial charge in [0, 0.05) is 17.8 Å². The molecule has 0 bridgehead atoms. The van der Waals surface area contributed by atoms with Crippen LogP contribution in [-0.4, -0.2) is 18.6 Å². The van der Waals surface area contributed by atoms with E-state index in [1.54, 1.807) is 6.07 Å². The van der Waals surface area contributed by atoms with Crippen LogP contribution in [0.3, 0.4) is 0 Å². The van der Waals surface area contributed by atoms with Gasteiger partial charge in [-0.05, 0) is 30.9 Å². The van der Waals surface area contributed by atoms with Gasteiger partial charge >= 0.3 is 0 Å². The van der Waals surface area contributed by atoms with E-state index < -0.39 is 0 Å². The van der Waals surface area contributed by atoms with Crippen LogP contribution in [-0.2, 0) is 4.79 Å². The first-order chi connectivity index (χ1) is 10.1. The highest BCUT2D eigenvalue weighted by Gasteiger charge is 2.21. The summed E-state index contributed by atoms with van der Waals surface area (Å²) in [6.07, 6.45) is 6.49. The van der Waals surface area contributed by atoms with Crippen LogP contribution in [0, 0.1) is 5.92 Å². The third-order valence-electron chi connectivity index (χ3n) is 4.16. The molecule has 2 unspecified atom stereocenters. The average molecular weight is 290 g/mol. The zero-order valence-corrected chi connectivity index (χ0v) is 12.8. The summed E-state index contributed by atoms with van der Waals surface area (Å²) in [7, 11) is 0. The Bertz CT molecular complexity index is 462. The fraction of sp³-hybridized carbons (Fsp3) is 0.588. The molecule has 0 saturated heterocycles. The molecule has 0 spiro atoms. The van der Waals surface area contributed by atoms with Gasteiger partial charge in [0.15, 0.2) is 0 Å². The van der Waals surface area contributed by atoms with Crippen molar-refractivity contribution in [3.63, 3.8) is 0 Å². The molecule has 116 valence electrons. The van der Waals surface area contributed by atoms with Crippen molar-refractivity contribution in [2.75, 3.05) is 12.3 Å². The van der Waals surface area contributed by atoms with Gasteiger partial charge in [0.1, 0.15) is 5.75 Å². The van der Waals surface area contributed by atoms with E-state index in [2.05, 4.69) is 12.2 Å². The fourth-order valence-corrected chi connectivity index (χ4v) is 2.85. The highest BCUT2D eigenvalue weighted by molar-refractivity contribution is 5.76. The van der Waals surface area contributed by atoms with Crippen LogP contribution in [0.4, 0.5) is 5.69 Å². The van der Waals surface area contributed by atoms with Gasteiger partial charge in [0.05, 0.1) is 13.0 Å². The minimum atomic E-state index is 0.0812. The summed E-state index contributed by atoms with van der Waals surface area (Å²) in [6, 6.07) is 7.60. The average Bonchev–Trinajstić information content (AvgIpc) is 2.64. The second-order valence-electron chi connectivity index (χ2n) is 5.96. The number of hydrogen-bond donors (Lipinski definition) is 2. The maximum Gasteiger partial charge on any atom is 0.223 e. The molecule has 1 aliphatic carbocycles. The van der Waals surface area contributed by atoms with Crippen LogP contribution < -0.4 is 15.8 Å². The van der Waals surface area contributed by atoms with Gasteiger partial charge in [-0.3, -0.25) is 4.79 Å². The lowest BCUT2D eigenvalue weighted by molar-refractivity contribution is -0.122. The molecular weight excluding hydrogens is 264 g/mol. The number of carbonyl (C=O) groups is 1. The second-order valence-corrected chi connectivity index (χ2v) is 5.96. The van der Waals surface area contributed by atoms with Crippen LogP contribution in [0.2, 0.25) is 0 Å². The van der Waals surface area contributed by atoms with Crippen molar-refractivity contribution in [3.8, 4) is 5.75 Å². The topological polar surface area (TPSA) is 64.3 Å². The summed E-state index contributed by atoms with van der Waals surface area (Å²) in [5.74, 6) is 1.37. The summed E-state index contributed by atoms with van der Waals surface area (Å²) in [4.78, 5) is 12.0. The molecule has 1 aromatic carbocycles. The molecule has 2 atom stereocenters. The lowest BCUT2D eigenvalue weighted by atomic mass is 9.97. The molecule has 2 rings (SSSR count). The van der Waals surface area contributed by atoms with E-state index in [1.807, 2.05) is 18.2 Å². The Hall–Kier alpha value is -1.71. The first-order valence-corrected chi connectivity index (χ1v) is 7.93. The number of carbonyl (C=O) groups excluding carboxylic acids is 1. The lowest BCUT2D eigenvalue weighted by Crippen LogP contribution is -2.39. The number of benzene rings is 1. The van der Waals surface area contributed by atoms with Crippen LogP contribution in [0.25, 0.3) is 0 Å². The molecule has 3 N–H and O–H groups in total. The Morgan fingerprint density at radius 3 is 2.95 bits per heavy atom. The molecule has 0 aliphatic heterocycles. The first-order valence-electron chi connectivity index (χ1n) is 7.93. The number of anilines is 1. The summed E-state index contributed by atoms with van der Waals surface area (Å²) in [6.45, 7) is 2.62. The van der Waals surface area contributed by atoms with Gasteiger partial charge in [0.25, 0.3) is 0 Å². The van der Waals surface area contributed by atoms with Crippen molar-refractivity contribution in [2.45, 2.75) is 51.5 Å². The van der Waals surface area contributed by atoms with Crippen molar-refractivity contribution in [1.29, 1.82) is 0 Å². The first kappa shape index (κ1) is 15.7. The smallest absolute Gasteiger partial charge is 0.223 e. The molecule has 1 amide bonds. The number of hydrogen-bond acceptors (Lipinski definition) is 3. The molecule has 1 aliphatic rings. The largest absolute Gasteiger partial charge is 0.493 e. The number of nitrogens with one attached hydrogen (secondary N) is 1. The monoisotopic (exact) mass is 290 g/mol. The van der Waals surface area contributed by atoms with Crippen molar-refractivity contribution < 1.29 is 9.53 Å². The Morgan fingerprint density at radius 1 is 1.33 bits per heavy atom. The van der Waals surface area contributed by atoms with E-state index in [4.69, 9.17) is 10.5 Å². The van der Waals surface area contributed by atoms with Gasteiger partial charge in [-0.1, -0.05) is 32.3 Å². The molecule has 4 heteroatoms. The zero-order chi connectivity index (χ0) is 15.1. The highest BCUT2D eigenvalue weighted by atomic mass is 16.5. The minimum absolute atomic E-state index is 0.0812. The van der Waals surface area contributed by atoms with Gasteiger partial charge in [0.2, 0.25) is 5.91 Å². The Labute approximate surface area is 127 Å². The molecule has 1 fully saturated rings. The summed E-state index contributed by atoms with van der Waals surface area (Å²) in [5, 5.41) is 3.16. The van der Waals surface area contributed by atoms with E-state index in [9.17, 15) is 4.79 Å². The SMILES string of the molecule is CC1CCCCCC1NC(=O)CCOc1cccc(N)c1. The Balaban J connectivity index is 1.71.